The van der Waals surface area contributed by atoms with Crippen molar-refractivity contribution in [3.63, 3.8) is 0 Å². The van der Waals surface area contributed by atoms with Crippen molar-refractivity contribution in [2.75, 3.05) is 13.2 Å². The van der Waals surface area contributed by atoms with Gasteiger partial charge in [-0.3, -0.25) is 9.48 Å². The quantitative estimate of drug-likeness (QED) is 0.615. The van der Waals surface area contributed by atoms with Gasteiger partial charge in [0, 0.05) is 24.1 Å². The summed E-state index contributed by atoms with van der Waals surface area (Å²) in [7, 11) is 1.74. The third kappa shape index (κ3) is 4.49. The molecule has 1 aromatic heterocycles. The lowest BCUT2D eigenvalue weighted by atomic mass is 9.92. The van der Waals surface area contributed by atoms with E-state index in [-0.39, 0.29) is 18.4 Å². The fourth-order valence-corrected chi connectivity index (χ4v) is 3.50. The predicted octanol–water partition coefficient (Wildman–Crippen LogP) is 3.29. The molecule has 1 aliphatic heterocycles. The SMILES string of the molecule is Cn1nncc1C(CC(=O)O)c1ccc(OCC2COc3ccc(Cl)cc3O2)cc1. The van der Waals surface area contributed by atoms with Gasteiger partial charge in [0.1, 0.15) is 19.0 Å². The summed E-state index contributed by atoms with van der Waals surface area (Å²) in [5.74, 6) is 0.661. The van der Waals surface area contributed by atoms with Crippen molar-refractivity contribution >= 4 is 17.6 Å². The van der Waals surface area contributed by atoms with Crippen LogP contribution in [0.2, 0.25) is 5.02 Å². The summed E-state index contributed by atoms with van der Waals surface area (Å²) in [5, 5.41) is 17.6. The maximum Gasteiger partial charge on any atom is 0.304 e. The zero-order valence-corrected chi connectivity index (χ0v) is 17.0. The van der Waals surface area contributed by atoms with E-state index in [2.05, 4.69) is 10.3 Å². The number of hydrogen-bond acceptors (Lipinski definition) is 6. The maximum absolute atomic E-state index is 11.3. The van der Waals surface area contributed by atoms with Crippen molar-refractivity contribution < 1.29 is 24.1 Å². The molecule has 0 fully saturated rings. The molecule has 0 radical (unpaired) electrons. The molecule has 2 heterocycles. The minimum atomic E-state index is -0.892. The molecule has 0 aliphatic carbocycles. The van der Waals surface area contributed by atoms with Crippen molar-refractivity contribution in [2.24, 2.45) is 7.05 Å². The van der Waals surface area contributed by atoms with Crippen LogP contribution < -0.4 is 14.2 Å². The minimum Gasteiger partial charge on any atom is -0.490 e. The smallest absolute Gasteiger partial charge is 0.304 e. The zero-order valence-electron chi connectivity index (χ0n) is 16.2. The third-order valence-corrected chi connectivity index (χ3v) is 5.06. The van der Waals surface area contributed by atoms with Gasteiger partial charge in [-0.25, -0.2) is 0 Å². The van der Waals surface area contributed by atoms with Crippen LogP contribution in [0.25, 0.3) is 0 Å². The summed E-state index contributed by atoms with van der Waals surface area (Å²) >= 11 is 6.00. The number of aromatic nitrogens is 3. The Morgan fingerprint density at radius 1 is 1.30 bits per heavy atom. The first-order valence-electron chi connectivity index (χ1n) is 9.37. The van der Waals surface area contributed by atoms with Gasteiger partial charge in [0.15, 0.2) is 17.6 Å². The molecule has 2 aromatic carbocycles. The Bertz CT molecular complexity index is 1040. The standard InChI is InChI=1S/C21H20ClN3O5/c1-25-18(10-23-24-25)17(9-21(26)27)13-2-5-15(6-3-13)28-11-16-12-29-19-7-4-14(22)8-20(19)30-16/h2-8,10,16-17H,9,11-12H2,1H3,(H,26,27). The number of nitrogens with zero attached hydrogens (tertiary/aromatic N) is 3. The Morgan fingerprint density at radius 3 is 2.80 bits per heavy atom. The lowest BCUT2D eigenvalue weighted by Gasteiger charge is -2.26. The van der Waals surface area contributed by atoms with Crippen molar-refractivity contribution in [2.45, 2.75) is 18.4 Å². The van der Waals surface area contributed by atoms with Crippen molar-refractivity contribution in [3.8, 4) is 17.2 Å². The summed E-state index contributed by atoms with van der Waals surface area (Å²) in [4.78, 5) is 11.3. The molecule has 8 nitrogen and oxygen atoms in total. The molecule has 30 heavy (non-hydrogen) atoms. The van der Waals surface area contributed by atoms with E-state index in [9.17, 15) is 9.90 Å². The molecule has 2 atom stereocenters. The topological polar surface area (TPSA) is 95.7 Å². The molecule has 2 unspecified atom stereocenters. The Hall–Kier alpha value is -3.26. The van der Waals surface area contributed by atoms with E-state index in [4.69, 9.17) is 25.8 Å². The molecule has 0 amide bonds. The van der Waals surface area contributed by atoms with E-state index in [0.29, 0.717) is 35.5 Å². The Labute approximate surface area is 177 Å². The van der Waals surface area contributed by atoms with Gasteiger partial charge in [-0.05, 0) is 29.8 Å². The van der Waals surface area contributed by atoms with Crippen LogP contribution >= 0.6 is 11.6 Å². The number of halogens is 1. The monoisotopic (exact) mass is 429 g/mol. The number of ether oxygens (including phenoxy) is 3. The van der Waals surface area contributed by atoms with Crippen LogP contribution in [0.1, 0.15) is 23.6 Å². The highest BCUT2D eigenvalue weighted by Gasteiger charge is 2.23. The fraction of sp³-hybridized carbons (Fsp3) is 0.286. The molecule has 0 spiro atoms. The summed E-state index contributed by atoms with van der Waals surface area (Å²) in [6.45, 7) is 0.677. The van der Waals surface area contributed by atoms with Gasteiger partial charge in [0.05, 0.1) is 18.3 Å². The molecule has 0 bridgehead atoms. The fourth-order valence-electron chi connectivity index (χ4n) is 3.34. The molecule has 0 saturated carbocycles. The van der Waals surface area contributed by atoms with Gasteiger partial charge < -0.3 is 19.3 Å². The molecule has 4 rings (SSSR count). The largest absolute Gasteiger partial charge is 0.490 e. The first-order valence-corrected chi connectivity index (χ1v) is 9.75. The van der Waals surface area contributed by atoms with Crippen LogP contribution in [0.5, 0.6) is 17.2 Å². The van der Waals surface area contributed by atoms with E-state index in [1.807, 2.05) is 24.3 Å². The Balaban J connectivity index is 1.41. The molecule has 9 heteroatoms. The van der Waals surface area contributed by atoms with E-state index < -0.39 is 5.97 Å². The van der Waals surface area contributed by atoms with E-state index in [0.717, 1.165) is 11.3 Å². The normalized spacial score (nSPS) is 16.1. The second kappa shape index (κ2) is 8.62. The molecule has 0 saturated heterocycles. The lowest BCUT2D eigenvalue weighted by Crippen LogP contribution is -2.34. The highest BCUT2D eigenvalue weighted by molar-refractivity contribution is 6.30. The number of aryl methyl sites for hydroxylation is 1. The first-order chi connectivity index (χ1) is 14.5. The molecule has 156 valence electrons. The number of carboxylic acids is 1. The molecular formula is C21H20ClN3O5. The number of fused-ring (bicyclic) bond motifs is 1. The first kappa shape index (κ1) is 20.0. The van der Waals surface area contributed by atoms with Crippen LogP contribution in [0.3, 0.4) is 0 Å². The summed E-state index contributed by atoms with van der Waals surface area (Å²) in [6.07, 6.45) is 1.26. The summed E-state index contributed by atoms with van der Waals surface area (Å²) < 4.78 is 19.0. The van der Waals surface area contributed by atoms with Gasteiger partial charge in [-0.2, -0.15) is 0 Å². The highest BCUT2D eigenvalue weighted by Crippen LogP contribution is 2.34. The molecular weight excluding hydrogens is 410 g/mol. The number of carboxylic acid groups (broad SMARTS) is 1. The Kier molecular flexibility index (Phi) is 5.76. The van der Waals surface area contributed by atoms with Crippen LogP contribution in [0.15, 0.2) is 48.7 Å². The van der Waals surface area contributed by atoms with Crippen LogP contribution in [0, 0.1) is 0 Å². The summed E-state index contributed by atoms with van der Waals surface area (Å²) in [6, 6.07) is 12.6. The average Bonchev–Trinajstić information content (AvgIpc) is 3.16. The lowest BCUT2D eigenvalue weighted by molar-refractivity contribution is -0.137. The van der Waals surface area contributed by atoms with Gasteiger partial charge >= 0.3 is 5.97 Å². The number of carbonyl (C=O) groups is 1. The molecule has 3 aromatic rings. The van der Waals surface area contributed by atoms with Gasteiger partial charge in [-0.15, -0.1) is 5.10 Å². The van der Waals surface area contributed by atoms with Crippen molar-refractivity contribution in [1.82, 2.24) is 15.0 Å². The minimum absolute atomic E-state index is 0.0589. The van der Waals surface area contributed by atoms with Gasteiger partial charge in [-0.1, -0.05) is 28.9 Å². The number of hydrogen-bond donors (Lipinski definition) is 1. The van der Waals surface area contributed by atoms with E-state index >= 15 is 0 Å². The van der Waals surface area contributed by atoms with E-state index in [1.54, 1.807) is 36.1 Å². The third-order valence-electron chi connectivity index (χ3n) is 4.83. The molecule has 1 N–H and O–H groups in total. The van der Waals surface area contributed by atoms with Gasteiger partial charge in [0.2, 0.25) is 0 Å². The zero-order chi connectivity index (χ0) is 21.1. The van der Waals surface area contributed by atoms with Crippen LogP contribution in [0.4, 0.5) is 0 Å². The summed E-state index contributed by atoms with van der Waals surface area (Å²) in [5.41, 5.74) is 1.58. The maximum atomic E-state index is 11.3. The van der Waals surface area contributed by atoms with Crippen molar-refractivity contribution in [3.05, 3.63) is 64.9 Å². The second-order valence-electron chi connectivity index (χ2n) is 6.95. The predicted molar refractivity (Wildman–Crippen MR) is 108 cm³/mol. The van der Waals surface area contributed by atoms with Crippen molar-refractivity contribution in [1.29, 1.82) is 0 Å². The van der Waals surface area contributed by atoms with Crippen LogP contribution in [-0.4, -0.2) is 45.4 Å². The average molecular weight is 430 g/mol. The molecule has 1 aliphatic rings. The van der Waals surface area contributed by atoms with Gasteiger partial charge in [0.25, 0.3) is 0 Å². The highest BCUT2D eigenvalue weighted by atomic mass is 35.5. The Morgan fingerprint density at radius 2 is 2.10 bits per heavy atom. The number of rotatable bonds is 7. The number of benzene rings is 2. The van der Waals surface area contributed by atoms with Crippen LogP contribution in [-0.2, 0) is 11.8 Å². The second-order valence-corrected chi connectivity index (χ2v) is 7.39. The van der Waals surface area contributed by atoms with E-state index in [1.165, 1.54) is 0 Å². The number of aliphatic carboxylic acids is 1.